The molecular weight excluding hydrogens is 420 g/mol. The van der Waals surface area contributed by atoms with E-state index < -0.39 is 15.8 Å². The van der Waals surface area contributed by atoms with Crippen LogP contribution in [0.4, 0.5) is 0 Å². The van der Waals surface area contributed by atoms with Crippen LogP contribution in [-0.2, 0) is 26.0 Å². The van der Waals surface area contributed by atoms with E-state index in [1.165, 1.54) is 0 Å². The van der Waals surface area contributed by atoms with Gasteiger partial charge in [-0.15, -0.1) is 0 Å². The Labute approximate surface area is 184 Å². The van der Waals surface area contributed by atoms with Gasteiger partial charge in [0.15, 0.2) is 17.3 Å². The van der Waals surface area contributed by atoms with Gasteiger partial charge in [-0.1, -0.05) is 25.3 Å². The molecule has 5 rings (SSSR count). The van der Waals surface area contributed by atoms with Crippen molar-refractivity contribution in [2.24, 2.45) is 0 Å². The van der Waals surface area contributed by atoms with Gasteiger partial charge in [-0.05, 0) is 30.5 Å². The van der Waals surface area contributed by atoms with Crippen LogP contribution < -0.4 is 9.47 Å². The van der Waals surface area contributed by atoms with Crippen molar-refractivity contribution in [1.82, 2.24) is 9.21 Å². The number of nitrogens with zero attached hydrogens (tertiary/aromatic N) is 2. The number of fused-ring (bicyclic) bond motifs is 1. The molecule has 0 aromatic heterocycles. The fraction of sp³-hybridized carbons (Fsp3) is 0.727. The average molecular weight is 453 g/mol. The van der Waals surface area contributed by atoms with Crippen LogP contribution in [0.1, 0.15) is 37.7 Å². The summed E-state index contributed by atoms with van der Waals surface area (Å²) >= 11 is 0. The molecule has 0 N–H and O–H groups in total. The lowest BCUT2D eigenvalue weighted by atomic mass is 10.0. The second-order valence-corrected chi connectivity index (χ2v) is 11.1. The fourth-order valence-electron chi connectivity index (χ4n) is 5.11. The Morgan fingerprint density at radius 1 is 0.903 bits per heavy atom. The van der Waals surface area contributed by atoms with Crippen LogP contribution in [0, 0.1) is 0 Å². The standard InChI is InChI=1S/C22H32N2O6S/c25-31(26,19-4-2-1-3-5-19)24-9-11-30-22(17-24)16-23(8-10-29-22)15-18-6-7-20-21(14-18)28-13-12-27-20/h6-7,14,19H,1-5,8-13,15-17H2. The highest BCUT2D eigenvalue weighted by molar-refractivity contribution is 7.89. The number of hydrogen-bond acceptors (Lipinski definition) is 7. The quantitative estimate of drug-likeness (QED) is 0.691. The molecule has 3 fully saturated rings. The van der Waals surface area contributed by atoms with E-state index in [4.69, 9.17) is 18.9 Å². The molecule has 9 heteroatoms. The first-order valence-corrected chi connectivity index (χ1v) is 12.9. The maximum Gasteiger partial charge on any atom is 0.217 e. The molecule has 0 radical (unpaired) electrons. The number of rotatable bonds is 4. The van der Waals surface area contributed by atoms with Crippen molar-refractivity contribution in [2.75, 3.05) is 52.6 Å². The van der Waals surface area contributed by atoms with Crippen molar-refractivity contribution in [3.63, 3.8) is 0 Å². The summed E-state index contributed by atoms with van der Waals surface area (Å²) in [5.41, 5.74) is 1.13. The lowest BCUT2D eigenvalue weighted by Crippen LogP contribution is -2.63. The molecule has 2 saturated heterocycles. The van der Waals surface area contributed by atoms with Gasteiger partial charge in [0.1, 0.15) is 13.2 Å². The Hall–Kier alpha value is -1.39. The van der Waals surface area contributed by atoms with Crippen molar-refractivity contribution in [2.45, 2.75) is 49.7 Å². The van der Waals surface area contributed by atoms with Crippen molar-refractivity contribution < 1.29 is 27.4 Å². The molecule has 1 aromatic carbocycles. The Balaban J connectivity index is 1.26. The minimum Gasteiger partial charge on any atom is -0.486 e. The Kier molecular flexibility index (Phi) is 6.13. The highest BCUT2D eigenvalue weighted by atomic mass is 32.2. The first kappa shape index (κ1) is 21.5. The SMILES string of the molecule is O=S(=O)(C1CCCCC1)N1CCOC2(CN(Cc3ccc4c(c3)OCCO4)CCO2)C1. The summed E-state index contributed by atoms with van der Waals surface area (Å²) in [7, 11) is -3.32. The second-order valence-electron chi connectivity index (χ2n) is 8.93. The molecule has 0 bridgehead atoms. The van der Waals surface area contributed by atoms with Gasteiger partial charge < -0.3 is 18.9 Å². The van der Waals surface area contributed by atoms with E-state index in [1.807, 2.05) is 12.1 Å². The largest absolute Gasteiger partial charge is 0.486 e. The minimum atomic E-state index is -3.32. The van der Waals surface area contributed by atoms with Crippen LogP contribution in [0.5, 0.6) is 11.5 Å². The molecule has 0 amide bonds. The molecule has 1 aliphatic carbocycles. The Morgan fingerprint density at radius 3 is 2.45 bits per heavy atom. The third-order valence-corrected chi connectivity index (χ3v) is 9.05. The highest BCUT2D eigenvalue weighted by Crippen LogP contribution is 2.33. The summed E-state index contributed by atoms with van der Waals surface area (Å²) in [6.07, 6.45) is 4.67. The van der Waals surface area contributed by atoms with E-state index in [0.29, 0.717) is 39.5 Å². The van der Waals surface area contributed by atoms with Gasteiger partial charge in [0, 0.05) is 19.6 Å². The van der Waals surface area contributed by atoms with E-state index in [2.05, 4.69) is 11.0 Å². The van der Waals surface area contributed by atoms with Crippen molar-refractivity contribution in [3.8, 4) is 11.5 Å². The Bertz CT molecular complexity index is 884. The summed E-state index contributed by atoms with van der Waals surface area (Å²) in [4.78, 5) is 2.27. The predicted octanol–water partition coefficient (Wildman–Crippen LogP) is 1.98. The van der Waals surface area contributed by atoms with Crippen LogP contribution in [-0.4, -0.2) is 81.3 Å². The van der Waals surface area contributed by atoms with E-state index in [1.54, 1.807) is 4.31 Å². The normalized spacial score (nSPS) is 28.6. The number of benzene rings is 1. The van der Waals surface area contributed by atoms with Crippen LogP contribution in [0.3, 0.4) is 0 Å². The van der Waals surface area contributed by atoms with Gasteiger partial charge in [0.2, 0.25) is 10.0 Å². The van der Waals surface area contributed by atoms with E-state index >= 15 is 0 Å². The van der Waals surface area contributed by atoms with Gasteiger partial charge in [-0.2, -0.15) is 4.31 Å². The molecule has 1 aromatic rings. The van der Waals surface area contributed by atoms with Crippen LogP contribution in [0.2, 0.25) is 0 Å². The van der Waals surface area contributed by atoms with Gasteiger partial charge in [-0.25, -0.2) is 8.42 Å². The molecule has 3 heterocycles. The molecule has 3 aliphatic heterocycles. The molecule has 1 spiro atoms. The third kappa shape index (κ3) is 4.57. The summed E-state index contributed by atoms with van der Waals surface area (Å²) in [6, 6.07) is 6.03. The summed E-state index contributed by atoms with van der Waals surface area (Å²) < 4.78 is 51.6. The summed E-state index contributed by atoms with van der Waals surface area (Å²) in [5.74, 6) is 0.671. The zero-order valence-corrected chi connectivity index (χ0v) is 18.8. The smallest absolute Gasteiger partial charge is 0.217 e. The van der Waals surface area contributed by atoms with E-state index in [-0.39, 0.29) is 11.8 Å². The van der Waals surface area contributed by atoms with E-state index in [0.717, 1.165) is 62.3 Å². The lowest BCUT2D eigenvalue weighted by Gasteiger charge is -2.47. The molecule has 1 atom stereocenters. The van der Waals surface area contributed by atoms with Crippen molar-refractivity contribution >= 4 is 10.0 Å². The lowest BCUT2D eigenvalue weighted by molar-refractivity contribution is -0.285. The maximum absolute atomic E-state index is 13.3. The predicted molar refractivity (Wildman–Crippen MR) is 115 cm³/mol. The first-order chi connectivity index (χ1) is 15.0. The molecule has 4 aliphatic rings. The number of sulfonamides is 1. The summed E-state index contributed by atoms with van der Waals surface area (Å²) in [5, 5.41) is -0.256. The molecule has 1 unspecified atom stereocenters. The molecule has 31 heavy (non-hydrogen) atoms. The Morgan fingerprint density at radius 2 is 1.65 bits per heavy atom. The van der Waals surface area contributed by atoms with Crippen LogP contribution >= 0.6 is 0 Å². The number of hydrogen-bond donors (Lipinski definition) is 0. The minimum absolute atomic E-state index is 0.256. The zero-order valence-electron chi connectivity index (χ0n) is 18.0. The third-order valence-electron chi connectivity index (χ3n) is 6.71. The van der Waals surface area contributed by atoms with Crippen LogP contribution in [0.25, 0.3) is 0 Å². The van der Waals surface area contributed by atoms with Gasteiger partial charge in [0.25, 0.3) is 0 Å². The first-order valence-electron chi connectivity index (χ1n) is 11.4. The van der Waals surface area contributed by atoms with Gasteiger partial charge >= 0.3 is 0 Å². The molecular formula is C22H32N2O6S. The molecule has 172 valence electrons. The zero-order chi connectivity index (χ0) is 21.3. The number of ether oxygens (including phenoxy) is 4. The summed E-state index contributed by atoms with van der Waals surface area (Å²) in [6.45, 7) is 4.74. The molecule has 1 saturated carbocycles. The van der Waals surface area contributed by atoms with Gasteiger partial charge in [-0.3, -0.25) is 4.90 Å². The van der Waals surface area contributed by atoms with Gasteiger partial charge in [0.05, 0.1) is 31.6 Å². The highest BCUT2D eigenvalue weighted by Gasteiger charge is 2.46. The monoisotopic (exact) mass is 452 g/mol. The second kappa shape index (κ2) is 8.86. The molecule has 8 nitrogen and oxygen atoms in total. The average Bonchev–Trinajstić information content (AvgIpc) is 2.80. The van der Waals surface area contributed by atoms with Crippen molar-refractivity contribution in [1.29, 1.82) is 0 Å². The fourth-order valence-corrected chi connectivity index (χ4v) is 7.16. The maximum atomic E-state index is 13.3. The van der Waals surface area contributed by atoms with Crippen LogP contribution in [0.15, 0.2) is 18.2 Å². The topological polar surface area (TPSA) is 77.5 Å². The van der Waals surface area contributed by atoms with E-state index in [9.17, 15) is 8.42 Å². The number of morpholine rings is 2. The van der Waals surface area contributed by atoms with Crippen molar-refractivity contribution in [3.05, 3.63) is 23.8 Å².